The number of halogens is 3. The number of benzene rings is 2. The SMILES string of the molecule is C[C@H](c1ccc(-c2nnc(C(F)F)o2)cc1F)n1cc(-c2ccc3nc(N)sc3c2)nn1. The van der Waals surface area contributed by atoms with E-state index in [0.29, 0.717) is 16.4 Å². The molecule has 0 amide bonds. The molecule has 0 unspecified atom stereocenters. The molecular weight excluding hydrogens is 443 g/mol. The van der Waals surface area contributed by atoms with Gasteiger partial charge in [0.15, 0.2) is 5.13 Å². The van der Waals surface area contributed by atoms with Crippen LogP contribution in [0.5, 0.6) is 0 Å². The average molecular weight is 457 g/mol. The molecule has 3 aromatic heterocycles. The zero-order valence-electron chi connectivity index (χ0n) is 16.4. The molecule has 12 heteroatoms. The van der Waals surface area contributed by atoms with Crippen molar-refractivity contribution >= 4 is 26.7 Å². The summed E-state index contributed by atoms with van der Waals surface area (Å²) in [7, 11) is 0. The molecule has 0 bridgehead atoms. The normalized spacial score (nSPS) is 12.7. The lowest BCUT2D eigenvalue weighted by Gasteiger charge is -2.13. The number of fused-ring (bicyclic) bond motifs is 1. The highest BCUT2D eigenvalue weighted by Crippen LogP contribution is 2.30. The summed E-state index contributed by atoms with van der Waals surface area (Å²) in [6.45, 7) is 1.77. The Kier molecular flexibility index (Phi) is 4.85. The standard InChI is InChI=1S/C20H14F3N7OS/c1-9(12-4-2-11(6-13(12)21)18-27-28-19(31-18)17(22)23)30-8-15(26-29-30)10-3-5-14-16(7-10)32-20(24)25-14/h2-9,17H,1H3,(H2,24,25)/t9-/m1/s1. The third kappa shape index (κ3) is 3.58. The minimum atomic E-state index is -2.89. The maximum Gasteiger partial charge on any atom is 0.314 e. The molecule has 0 spiro atoms. The number of nitrogen functional groups attached to an aromatic ring is 1. The van der Waals surface area contributed by atoms with Crippen LogP contribution in [0.25, 0.3) is 32.9 Å². The highest BCUT2D eigenvalue weighted by molar-refractivity contribution is 7.22. The van der Waals surface area contributed by atoms with Gasteiger partial charge in [-0.1, -0.05) is 28.7 Å². The first-order valence-electron chi connectivity index (χ1n) is 9.38. The van der Waals surface area contributed by atoms with Gasteiger partial charge in [-0.2, -0.15) is 8.78 Å². The number of thiazole rings is 1. The third-order valence-electron chi connectivity index (χ3n) is 4.93. The van der Waals surface area contributed by atoms with Gasteiger partial charge in [-0.05, 0) is 31.2 Å². The highest BCUT2D eigenvalue weighted by Gasteiger charge is 2.20. The Balaban J connectivity index is 1.41. The lowest BCUT2D eigenvalue weighted by atomic mass is 10.1. The summed E-state index contributed by atoms with van der Waals surface area (Å²) < 4.78 is 47.5. The monoisotopic (exact) mass is 457 g/mol. The van der Waals surface area contributed by atoms with Crippen LogP contribution in [-0.4, -0.2) is 30.2 Å². The minimum absolute atomic E-state index is 0.180. The number of alkyl halides is 2. The van der Waals surface area contributed by atoms with Gasteiger partial charge in [0.2, 0.25) is 5.89 Å². The van der Waals surface area contributed by atoms with E-state index in [1.165, 1.54) is 23.5 Å². The van der Waals surface area contributed by atoms with Crippen molar-refractivity contribution in [3.05, 3.63) is 59.9 Å². The Morgan fingerprint density at radius 2 is 1.88 bits per heavy atom. The van der Waals surface area contributed by atoms with Crippen molar-refractivity contribution < 1.29 is 17.6 Å². The molecule has 0 saturated heterocycles. The fourth-order valence-corrected chi connectivity index (χ4v) is 4.05. The molecule has 1 atom stereocenters. The number of hydrogen-bond acceptors (Lipinski definition) is 8. The van der Waals surface area contributed by atoms with Crippen LogP contribution in [0.2, 0.25) is 0 Å². The lowest BCUT2D eigenvalue weighted by molar-refractivity contribution is 0.116. The predicted octanol–water partition coefficient (Wildman–Crippen LogP) is 4.87. The van der Waals surface area contributed by atoms with E-state index < -0.39 is 24.2 Å². The Labute approximate surface area is 182 Å². The maximum atomic E-state index is 14.8. The third-order valence-corrected chi connectivity index (χ3v) is 5.78. The lowest BCUT2D eigenvalue weighted by Crippen LogP contribution is -2.09. The summed E-state index contributed by atoms with van der Waals surface area (Å²) >= 11 is 1.38. The molecule has 0 fully saturated rings. The van der Waals surface area contributed by atoms with Gasteiger partial charge in [0.05, 0.1) is 22.5 Å². The molecule has 2 N–H and O–H groups in total. The second-order valence-corrected chi connectivity index (χ2v) is 8.04. The Hall–Kier alpha value is -3.80. The van der Waals surface area contributed by atoms with Crippen molar-refractivity contribution in [3.8, 4) is 22.7 Å². The van der Waals surface area contributed by atoms with Gasteiger partial charge in [0, 0.05) is 16.7 Å². The number of hydrogen-bond donors (Lipinski definition) is 1. The van der Waals surface area contributed by atoms with Crippen molar-refractivity contribution in [3.63, 3.8) is 0 Å². The molecule has 8 nitrogen and oxygen atoms in total. The van der Waals surface area contributed by atoms with Gasteiger partial charge >= 0.3 is 6.43 Å². The van der Waals surface area contributed by atoms with E-state index >= 15 is 0 Å². The number of anilines is 1. The number of nitrogens with two attached hydrogens (primary N) is 1. The summed E-state index contributed by atoms with van der Waals surface area (Å²) in [5, 5.41) is 15.6. The summed E-state index contributed by atoms with van der Waals surface area (Å²) in [5.41, 5.74) is 8.56. The smallest absolute Gasteiger partial charge is 0.314 e. The number of aromatic nitrogens is 6. The molecule has 32 heavy (non-hydrogen) atoms. The van der Waals surface area contributed by atoms with Crippen LogP contribution in [0.1, 0.15) is 30.8 Å². The van der Waals surface area contributed by atoms with Gasteiger partial charge in [-0.25, -0.2) is 14.1 Å². The molecule has 2 aromatic carbocycles. The van der Waals surface area contributed by atoms with Crippen LogP contribution in [0, 0.1) is 5.82 Å². The van der Waals surface area contributed by atoms with Gasteiger partial charge in [-0.3, -0.25) is 0 Å². The molecule has 0 saturated carbocycles. The molecule has 0 aliphatic heterocycles. The molecule has 5 aromatic rings. The van der Waals surface area contributed by atoms with Crippen LogP contribution in [-0.2, 0) is 0 Å². The predicted molar refractivity (Wildman–Crippen MR) is 112 cm³/mol. The molecule has 0 aliphatic carbocycles. The topological polar surface area (TPSA) is 109 Å². The number of nitrogens with zero attached hydrogens (tertiary/aromatic N) is 6. The van der Waals surface area contributed by atoms with Gasteiger partial charge in [-0.15, -0.1) is 15.3 Å². The van der Waals surface area contributed by atoms with E-state index in [1.807, 2.05) is 18.2 Å². The Morgan fingerprint density at radius 1 is 1.06 bits per heavy atom. The van der Waals surface area contributed by atoms with E-state index in [0.717, 1.165) is 21.8 Å². The van der Waals surface area contributed by atoms with Crippen LogP contribution >= 0.6 is 11.3 Å². The summed E-state index contributed by atoms with van der Waals surface area (Å²) in [6.07, 6.45) is -1.17. The summed E-state index contributed by atoms with van der Waals surface area (Å²) in [6, 6.07) is 9.38. The molecule has 0 aliphatic rings. The molecular formula is C20H14F3N7OS. The van der Waals surface area contributed by atoms with E-state index in [4.69, 9.17) is 10.2 Å². The largest absolute Gasteiger partial charge is 0.415 e. The summed E-state index contributed by atoms with van der Waals surface area (Å²) in [4.78, 5) is 4.23. The Morgan fingerprint density at radius 3 is 2.62 bits per heavy atom. The van der Waals surface area contributed by atoms with Crippen LogP contribution in [0.4, 0.5) is 18.3 Å². The van der Waals surface area contributed by atoms with E-state index in [9.17, 15) is 13.2 Å². The van der Waals surface area contributed by atoms with Crippen LogP contribution in [0.3, 0.4) is 0 Å². The van der Waals surface area contributed by atoms with Crippen LogP contribution < -0.4 is 5.73 Å². The fourth-order valence-electron chi connectivity index (χ4n) is 3.28. The average Bonchev–Trinajstić information content (AvgIpc) is 3.51. The molecule has 3 heterocycles. The molecule has 0 radical (unpaired) electrons. The first-order valence-corrected chi connectivity index (χ1v) is 10.2. The minimum Gasteiger partial charge on any atom is -0.415 e. The zero-order valence-corrected chi connectivity index (χ0v) is 17.2. The Bertz CT molecular complexity index is 1430. The van der Waals surface area contributed by atoms with Gasteiger partial charge in [0.25, 0.3) is 5.89 Å². The van der Waals surface area contributed by atoms with Crippen molar-refractivity contribution in [2.75, 3.05) is 5.73 Å². The van der Waals surface area contributed by atoms with Crippen molar-refractivity contribution in [1.29, 1.82) is 0 Å². The maximum absolute atomic E-state index is 14.8. The first-order chi connectivity index (χ1) is 15.4. The van der Waals surface area contributed by atoms with Crippen molar-refractivity contribution in [2.24, 2.45) is 0 Å². The fraction of sp³-hybridized carbons (Fsp3) is 0.150. The molecule has 162 valence electrons. The van der Waals surface area contributed by atoms with Crippen molar-refractivity contribution in [2.45, 2.75) is 19.4 Å². The molecule has 5 rings (SSSR count). The van der Waals surface area contributed by atoms with Crippen molar-refractivity contribution in [1.82, 2.24) is 30.2 Å². The highest BCUT2D eigenvalue weighted by atomic mass is 32.1. The van der Waals surface area contributed by atoms with E-state index in [2.05, 4.69) is 25.5 Å². The quantitative estimate of drug-likeness (QED) is 0.401. The summed E-state index contributed by atoms with van der Waals surface area (Å²) in [5.74, 6) is -1.56. The second kappa shape index (κ2) is 7.71. The van der Waals surface area contributed by atoms with Gasteiger partial charge < -0.3 is 10.2 Å². The van der Waals surface area contributed by atoms with Gasteiger partial charge in [0.1, 0.15) is 11.5 Å². The zero-order chi connectivity index (χ0) is 22.4. The van der Waals surface area contributed by atoms with Crippen LogP contribution in [0.15, 0.2) is 47.0 Å². The number of rotatable bonds is 5. The van der Waals surface area contributed by atoms with E-state index in [-0.39, 0.29) is 11.5 Å². The first kappa shape index (κ1) is 20.1. The van der Waals surface area contributed by atoms with E-state index in [1.54, 1.807) is 17.8 Å². The second-order valence-electron chi connectivity index (χ2n) is 6.98.